The van der Waals surface area contributed by atoms with E-state index in [4.69, 9.17) is 0 Å². The zero-order valence-corrected chi connectivity index (χ0v) is 11.2. The van der Waals surface area contributed by atoms with Crippen LogP contribution in [-0.4, -0.2) is 17.4 Å². The molecule has 1 aromatic heterocycles. The van der Waals surface area contributed by atoms with Crippen molar-refractivity contribution in [3.8, 4) is 0 Å². The molecule has 20 heavy (non-hydrogen) atoms. The number of carbonyl (C=O) groups is 1. The minimum absolute atomic E-state index is 0.0926. The molecule has 0 atom stereocenters. The van der Waals surface area contributed by atoms with E-state index >= 15 is 0 Å². The topological polar surface area (TPSA) is 54.0 Å². The van der Waals surface area contributed by atoms with E-state index in [9.17, 15) is 9.18 Å². The third-order valence-corrected chi connectivity index (χ3v) is 2.74. The minimum Gasteiger partial charge on any atom is -0.367 e. The molecule has 5 heteroatoms. The first-order valence-electron chi connectivity index (χ1n) is 6.36. The van der Waals surface area contributed by atoms with Gasteiger partial charge < -0.3 is 10.6 Å². The third kappa shape index (κ3) is 4.05. The molecule has 2 N–H and O–H groups in total. The van der Waals surface area contributed by atoms with Gasteiger partial charge in [0.15, 0.2) is 11.6 Å². The fourth-order valence-electron chi connectivity index (χ4n) is 1.80. The summed E-state index contributed by atoms with van der Waals surface area (Å²) in [4.78, 5) is 14.8. The number of hydrogen-bond acceptors (Lipinski definition) is 3. The summed E-state index contributed by atoms with van der Waals surface area (Å²) < 4.78 is 13.3. The van der Waals surface area contributed by atoms with Crippen LogP contribution in [0.5, 0.6) is 0 Å². The van der Waals surface area contributed by atoms with Gasteiger partial charge in [0.25, 0.3) is 0 Å². The maximum atomic E-state index is 13.3. The summed E-state index contributed by atoms with van der Waals surface area (Å²) in [6, 6.07) is 10.5. The molecule has 0 unspecified atom stereocenters. The fraction of sp³-hybridized carbons (Fsp3) is 0.200. The summed E-state index contributed by atoms with van der Waals surface area (Å²) >= 11 is 0. The highest BCUT2D eigenvalue weighted by molar-refractivity contribution is 5.88. The maximum absolute atomic E-state index is 13.3. The summed E-state index contributed by atoms with van der Waals surface area (Å²) in [6.45, 7) is 2.06. The fourth-order valence-corrected chi connectivity index (χ4v) is 1.80. The molecule has 104 valence electrons. The number of aromatic nitrogens is 1. The van der Waals surface area contributed by atoms with E-state index in [0.29, 0.717) is 6.54 Å². The summed E-state index contributed by atoms with van der Waals surface area (Å²) in [7, 11) is 0. The van der Waals surface area contributed by atoms with Gasteiger partial charge in [0.05, 0.1) is 0 Å². The summed E-state index contributed by atoms with van der Waals surface area (Å²) in [6.07, 6.45) is 2.30. The molecule has 1 aromatic carbocycles. The molecule has 2 aromatic rings. The van der Waals surface area contributed by atoms with E-state index in [1.54, 1.807) is 12.3 Å². The number of anilines is 2. The molecule has 0 aliphatic rings. The van der Waals surface area contributed by atoms with Crippen molar-refractivity contribution in [1.29, 1.82) is 0 Å². The average molecular weight is 273 g/mol. The van der Waals surface area contributed by atoms with Crippen molar-refractivity contribution in [1.82, 2.24) is 4.98 Å². The zero-order valence-electron chi connectivity index (χ0n) is 11.2. The van der Waals surface area contributed by atoms with Crippen LogP contribution >= 0.6 is 0 Å². The van der Waals surface area contributed by atoms with Gasteiger partial charge in [-0.2, -0.15) is 0 Å². The molecule has 0 aliphatic carbocycles. The Kier molecular flexibility index (Phi) is 4.65. The Balaban J connectivity index is 1.85. The molecule has 1 amide bonds. The molecule has 0 saturated carbocycles. The van der Waals surface area contributed by atoms with E-state index in [2.05, 4.69) is 15.6 Å². The Morgan fingerprint density at radius 3 is 2.65 bits per heavy atom. The average Bonchev–Trinajstić information content (AvgIpc) is 2.42. The molecular formula is C15H16FN3O. The Morgan fingerprint density at radius 1 is 1.25 bits per heavy atom. The normalized spacial score (nSPS) is 10.1. The van der Waals surface area contributed by atoms with Crippen molar-refractivity contribution in [2.24, 2.45) is 0 Å². The number of nitrogens with zero attached hydrogens (tertiary/aromatic N) is 1. The van der Waals surface area contributed by atoms with Crippen molar-refractivity contribution in [2.75, 3.05) is 17.2 Å². The number of halogens is 1. The second kappa shape index (κ2) is 6.65. The zero-order chi connectivity index (χ0) is 14.4. The molecule has 0 fully saturated rings. The van der Waals surface area contributed by atoms with Crippen LogP contribution in [0.25, 0.3) is 0 Å². The Labute approximate surface area is 117 Å². The van der Waals surface area contributed by atoms with Crippen LogP contribution < -0.4 is 10.6 Å². The van der Waals surface area contributed by atoms with Crippen molar-refractivity contribution in [3.63, 3.8) is 0 Å². The third-order valence-electron chi connectivity index (χ3n) is 2.74. The van der Waals surface area contributed by atoms with Crippen molar-refractivity contribution >= 4 is 17.4 Å². The van der Waals surface area contributed by atoms with E-state index < -0.39 is 0 Å². The van der Waals surface area contributed by atoms with Gasteiger partial charge in [-0.1, -0.05) is 12.1 Å². The van der Waals surface area contributed by atoms with E-state index in [1.807, 2.05) is 24.3 Å². The monoisotopic (exact) mass is 273 g/mol. The molecule has 0 saturated heterocycles. The Hall–Kier alpha value is -2.43. The van der Waals surface area contributed by atoms with Crippen molar-refractivity contribution in [2.45, 2.75) is 13.3 Å². The van der Waals surface area contributed by atoms with Crippen molar-refractivity contribution < 1.29 is 9.18 Å². The number of nitrogens with one attached hydrogen (secondary N) is 2. The molecule has 4 nitrogen and oxygen atoms in total. The molecule has 1 heterocycles. The van der Waals surface area contributed by atoms with Gasteiger partial charge >= 0.3 is 0 Å². The predicted molar refractivity (Wildman–Crippen MR) is 77.1 cm³/mol. The summed E-state index contributed by atoms with van der Waals surface area (Å²) in [5.74, 6) is -0.180. The van der Waals surface area contributed by atoms with Crippen LogP contribution in [0.1, 0.15) is 12.5 Å². The number of benzene rings is 1. The van der Waals surface area contributed by atoms with E-state index in [-0.39, 0.29) is 17.5 Å². The van der Waals surface area contributed by atoms with Gasteiger partial charge in [-0.25, -0.2) is 9.37 Å². The number of pyridine rings is 1. The Bertz CT molecular complexity index is 584. The van der Waals surface area contributed by atoms with Gasteiger partial charge in [-0.05, 0) is 36.2 Å². The van der Waals surface area contributed by atoms with Crippen LogP contribution in [0.3, 0.4) is 0 Å². The Morgan fingerprint density at radius 2 is 2.00 bits per heavy atom. The summed E-state index contributed by atoms with van der Waals surface area (Å²) in [5, 5.41) is 5.66. The lowest BCUT2D eigenvalue weighted by Crippen LogP contribution is -2.08. The van der Waals surface area contributed by atoms with Crippen molar-refractivity contribution in [3.05, 3.63) is 54.0 Å². The number of amides is 1. The second-order valence-electron chi connectivity index (χ2n) is 4.39. The lowest BCUT2D eigenvalue weighted by atomic mass is 10.1. The molecule has 0 spiro atoms. The highest BCUT2D eigenvalue weighted by Crippen LogP contribution is 2.11. The van der Waals surface area contributed by atoms with Crippen LogP contribution in [0.2, 0.25) is 0 Å². The molecule has 2 rings (SSSR count). The van der Waals surface area contributed by atoms with Gasteiger partial charge in [-0.15, -0.1) is 0 Å². The smallest absolute Gasteiger partial charge is 0.221 e. The second-order valence-corrected chi connectivity index (χ2v) is 4.39. The predicted octanol–water partition coefficient (Wildman–Crippen LogP) is 2.83. The molecule has 0 aliphatic heterocycles. The van der Waals surface area contributed by atoms with Gasteiger partial charge in [-0.3, -0.25) is 4.79 Å². The first-order chi connectivity index (χ1) is 9.65. The van der Waals surface area contributed by atoms with Crippen LogP contribution in [0.15, 0.2) is 42.6 Å². The molecular weight excluding hydrogens is 257 g/mol. The van der Waals surface area contributed by atoms with Crippen LogP contribution in [0, 0.1) is 5.82 Å². The molecule has 0 radical (unpaired) electrons. The van der Waals surface area contributed by atoms with Gasteiger partial charge in [0, 0.05) is 25.4 Å². The number of carbonyl (C=O) groups excluding carboxylic acids is 1. The van der Waals surface area contributed by atoms with E-state index in [1.165, 1.54) is 13.0 Å². The van der Waals surface area contributed by atoms with Gasteiger partial charge in [0.1, 0.15) is 0 Å². The summed E-state index contributed by atoms with van der Waals surface area (Å²) in [5.41, 5.74) is 1.87. The standard InChI is InChI=1S/C15H16FN3O/c1-11(20)19-13-6-4-12(5-7-13)8-10-18-15-14(16)3-2-9-17-15/h2-7,9H,8,10H2,1H3,(H,17,18)(H,19,20). The number of hydrogen-bond donors (Lipinski definition) is 2. The molecule has 0 bridgehead atoms. The highest BCUT2D eigenvalue weighted by atomic mass is 19.1. The maximum Gasteiger partial charge on any atom is 0.221 e. The van der Waals surface area contributed by atoms with Gasteiger partial charge in [0.2, 0.25) is 5.91 Å². The van der Waals surface area contributed by atoms with E-state index in [0.717, 1.165) is 17.7 Å². The van der Waals surface area contributed by atoms with Crippen LogP contribution in [0.4, 0.5) is 15.9 Å². The SMILES string of the molecule is CC(=O)Nc1ccc(CCNc2ncccc2F)cc1. The quantitative estimate of drug-likeness (QED) is 0.880. The first-order valence-corrected chi connectivity index (χ1v) is 6.36. The minimum atomic E-state index is -0.353. The number of rotatable bonds is 5. The lowest BCUT2D eigenvalue weighted by molar-refractivity contribution is -0.114. The van der Waals surface area contributed by atoms with Crippen LogP contribution in [-0.2, 0) is 11.2 Å². The largest absolute Gasteiger partial charge is 0.367 e. The lowest BCUT2D eigenvalue weighted by Gasteiger charge is -2.07. The highest BCUT2D eigenvalue weighted by Gasteiger charge is 2.01. The first kappa shape index (κ1) is 14.0.